The fourth-order valence-corrected chi connectivity index (χ4v) is 2.82. The average Bonchev–Trinajstić information content (AvgIpc) is 3.23. The van der Waals surface area contributed by atoms with Crippen LogP contribution in [0, 0.1) is 6.92 Å². The van der Waals surface area contributed by atoms with Crippen LogP contribution in [-0.4, -0.2) is 39.0 Å². The van der Waals surface area contributed by atoms with Crippen molar-refractivity contribution in [2.45, 2.75) is 38.8 Å². The van der Waals surface area contributed by atoms with Crippen LogP contribution in [0.1, 0.15) is 36.8 Å². The van der Waals surface area contributed by atoms with Crippen molar-refractivity contribution in [3.63, 3.8) is 0 Å². The number of hydrogen-bond acceptors (Lipinski definition) is 4. The van der Waals surface area contributed by atoms with Crippen molar-refractivity contribution in [2.75, 3.05) is 13.1 Å². The van der Waals surface area contributed by atoms with Gasteiger partial charge in [0.1, 0.15) is 0 Å². The number of nitrogens with zero attached hydrogens (tertiary/aromatic N) is 4. The monoisotopic (exact) mass is 303 g/mol. The van der Waals surface area contributed by atoms with Gasteiger partial charge in [-0.15, -0.1) is 0 Å². The SMILES string of the molecule is Cc1cc([C@H]2CCCN2C(=O)NCCCn2cccn2)on1. The quantitative estimate of drug-likeness (QED) is 0.858. The van der Waals surface area contributed by atoms with Gasteiger partial charge in [-0.25, -0.2) is 4.79 Å². The Bertz CT molecular complexity index is 607. The van der Waals surface area contributed by atoms with E-state index in [1.54, 1.807) is 6.20 Å². The zero-order valence-corrected chi connectivity index (χ0v) is 12.7. The highest BCUT2D eigenvalue weighted by Gasteiger charge is 2.32. The topological polar surface area (TPSA) is 76.2 Å². The molecule has 3 rings (SSSR count). The molecule has 118 valence electrons. The smallest absolute Gasteiger partial charge is 0.318 e. The molecular weight excluding hydrogens is 282 g/mol. The predicted molar refractivity (Wildman–Crippen MR) is 80.2 cm³/mol. The molecule has 0 aliphatic carbocycles. The van der Waals surface area contributed by atoms with Gasteiger partial charge in [0.15, 0.2) is 5.76 Å². The Hall–Kier alpha value is -2.31. The summed E-state index contributed by atoms with van der Waals surface area (Å²) in [6.45, 7) is 4.09. The summed E-state index contributed by atoms with van der Waals surface area (Å²) in [4.78, 5) is 14.2. The Kier molecular flexibility index (Phi) is 4.41. The third-order valence-corrected chi connectivity index (χ3v) is 3.89. The summed E-state index contributed by atoms with van der Waals surface area (Å²) in [7, 11) is 0. The first kappa shape index (κ1) is 14.6. The highest BCUT2D eigenvalue weighted by atomic mass is 16.5. The molecule has 0 aromatic carbocycles. The van der Waals surface area contributed by atoms with Gasteiger partial charge >= 0.3 is 6.03 Å². The molecule has 2 aromatic heterocycles. The first-order valence-electron chi connectivity index (χ1n) is 7.69. The van der Waals surface area contributed by atoms with Crippen molar-refractivity contribution in [1.82, 2.24) is 25.2 Å². The van der Waals surface area contributed by atoms with E-state index in [2.05, 4.69) is 15.6 Å². The number of amides is 2. The van der Waals surface area contributed by atoms with Crippen LogP contribution in [0.15, 0.2) is 29.0 Å². The maximum atomic E-state index is 12.3. The lowest BCUT2D eigenvalue weighted by Gasteiger charge is -2.23. The number of rotatable bonds is 5. The van der Waals surface area contributed by atoms with E-state index in [-0.39, 0.29) is 12.1 Å². The highest BCUT2D eigenvalue weighted by molar-refractivity contribution is 5.74. The van der Waals surface area contributed by atoms with Crippen LogP contribution in [0.25, 0.3) is 0 Å². The largest absolute Gasteiger partial charge is 0.359 e. The first-order chi connectivity index (χ1) is 10.7. The number of carbonyl (C=O) groups excluding carboxylic acids is 1. The lowest BCUT2D eigenvalue weighted by atomic mass is 10.1. The molecule has 0 spiro atoms. The number of hydrogen-bond donors (Lipinski definition) is 1. The fraction of sp³-hybridized carbons (Fsp3) is 0.533. The molecule has 1 atom stereocenters. The zero-order valence-electron chi connectivity index (χ0n) is 12.7. The van der Waals surface area contributed by atoms with Crippen LogP contribution in [0.3, 0.4) is 0 Å². The van der Waals surface area contributed by atoms with Gasteiger partial charge in [-0.2, -0.15) is 5.10 Å². The van der Waals surface area contributed by atoms with Crippen LogP contribution in [0.4, 0.5) is 4.79 Å². The van der Waals surface area contributed by atoms with Gasteiger partial charge in [0.25, 0.3) is 0 Å². The van der Waals surface area contributed by atoms with E-state index in [4.69, 9.17) is 4.52 Å². The van der Waals surface area contributed by atoms with Crippen molar-refractivity contribution < 1.29 is 9.32 Å². The Balaban J connectivity index is 1.48. The summed E-state index contributed by atoms with van der Waals surface area (Å²) in [6.07, 6.45) is 6.45. The summed E-state index contributed by atoms with van der Waals surface area (Å²) in [5.74, 6) is 0.779. The number of aromatic nitrogens is 3. The van der Waals surface area contributed by atoms with Gasteiger partial charge in [-0.05, 0) is 32.3 Å². The van der Waals surface area contributed by atoms with E-state index in [9.17, 15) is 4.79 Å². The van der Waals surface area contributed by atoms with Gasteiger partial charge in [0.2, 0.25) is 0 Å². The van der Waals surface area contributed by atoms with E-state index in [0.717, 1.165) is 43.8 Å². The van der Waals surface area contributed by atoms with E-state index in [1.165, 1.54) is 0 Å². The van der Waals surface area contributed by atoms with E-state index >= 15 is 0 Å². The molecule has 7 nitrogen and oxygen atoms in total. The molecule has 1 aliphatic heterocycles. The van der Waals surface area contributed by atoms with Gasteiger partial charge in [0.05, 0.1) is 11.7 Å². The van der Waals surface area contributed by atoms with Crippen molar-refractivity contribution in [3.05, 3.63) is 36.0 Å². The summed E-state index contributed by atoms with van der Waals surface area (Å²) in [5, 5.41) is 11.0. The lowest BCUT2D eigenvalue weighted by molar-refractivity contribution is 0.182. The summed E-state index contributed by atoms with van der Waals surface area (Å²) in [6, 6.07) is 3.78. The predicted octanol–water partition coefficient (Wildman–Crippen LogP) is 2.12. The molecule has 22 heavy (non-hydrogen) atoms. The van der Waals surface area contributed by atoms with Crippen LogP contribution >= 0.6 is 0 Å². The molecule has 2 amide bonds. The van der Waals surface area contributed by atoms with Crippen molar-refractivity contribution >= 4 is 6.03 Å². The van der Waals surface area contributed by atoms with Crippen molar-refractivity contribution in [1.29, 1.82) is 0 Å². The van der Waals surface area contributed by atoms with Gasteiger partial charge < -0.3 is 14.7 Å². The molecule has 0 saturated carbocycles. The van der Waals surface area contributed by atoms with Crippen molar-refractivity contribution in [3.8, 4) is 0 Å². The molecule has 1 aliphatic rings. The molecule has 1 saturated heterocycles. The van der Waals surface area contributed by atoms with E-state index in [0.29, 0.717) is 6.54 Å². The molecule has 2 aromatic rings. The zero-order chi connectivity index (χ0) is 15.4. The minimum Gasteiger partial charge on any atom is -0.359 e. The Morgan fingerprint density at radius 3 is 3.18 bits per heavy atom. The van der Waals surface area contributed by atoms with Crippen LogP contribution < -0.4 is 5.32 Å². The van der Waals surface area contributed by atoms with Crippen LogP contribution in [-0.2, 0) is 6.54 Å². The molecule has 0 unspecified atom stereocenters. The van der Waals surface area contributed by atoms with Crippen LogP contribution in [0.2, 0.25) is 0 Å². The van der Waals surface area contributed by atoms with Crippen molar-refractivity contribution in [2.24, 2.45) is 0 Å². The molecule has 0 radical (unpaired) electrons. The molecule has 3 heterocycles. The number of urea groups is 1. The minimum atomic E-state index is -0.0305. The molecule has 0 bridgehead atoms. The fourth-order valence-electron chi connectivity index (χ4n) is 2.82. The van der Waals surface area contributed by atoms with E-state index < -0.39 is 0 Å². The second kappa shape index (κ2) is 6.64. The Morgan fingerprint density at radius 1 is 1.55 bits per heavy atom. The van der Waals surface area contributed by atoms with Crippen LogP contribution in [0.5, 0.6) is 0 Å². The second-order valence-electron chi connectivity index (χ2n) is 5.58. The summed E-state index contributed by atoms with van der Waals surface area (Å²) >= 11 is 0. The molecule has 7 heteroatoms. The maximum absolute atomic E-state index is 12.3. The summed E-state index contributed by atoms with van der Waals surface area (Å²) in [5.41, 5.74) is 0.849. The number of likely N-dealkylation sites (tertiary alicyclic amines) is 1. The first-order valence-corrected chi connectivity index (χ1v) is 7.69. The normalized spacial score (nSPS) is 17.9. The summed E-state index contributed by atoms with van der Waals surface area (Å²) < 4.78 is 7.18. The second-order valence-corrected chi connectivity index (χ2v) is 5.58. The number of carbonyl (C=O) groups is 1. The number of nitrogens with one attached hydrogen (secondary N) is 1. The standard InChI is InChI=1S/C15H21N5O2/c1-12-11-14(22-18-12)13-5-2-10-20(13)15(21)16-6-3-8-19-9-4-7-17-19/h4,7,9,11,13H,2-3,5-6,8,10H2,1H3,(H,16,21)/t13-/m1/s1. The number of aryl methyl sites for hydroxylation is 2. The third kappa shape index (κ3) is 3.29. The molecule has 1 N–H and O–H groups in total. The van der Waals surface area contributed by atoms with Gasteiger partial charge in [-0.1, -0.05) is 5.16 Å². The lowest BCUT2D eigenvalue weighted by Crippen LogP contribution is -2.40. The van der Waals surface area contributed by atoms with Gasteiger partial charge in [0, 0.05) is 38.1 Å². The third-order valence-electron chi connectivity index (χ3n) is 3.89. The Labute approximate surface area is 129 Å². The Morgan fingerprint density at radius 2 is 2.45 bits per heavy atom. The highest BCUT2D eigenvalue weighted by Crippen LogP contribution is 2.32. The maximum Gasteiger partial charge on any atom is 0.318 e. The molecular formula is C15H21N5O2. The average molecular weight is 303 g/mol. The van der Waals surface area contributed by atoms with Gasteiger partial charge in [-0.3, -0.25) is 4.68 Å². The minimum absolute atomic E-state index is 0.00677. The molecule has 1 fully saturated rings. The van der Waals surface area contributed by atoms with E-state index in [1.807, 2.05) is 34.8 Å².